The molecule has 3 aromatic carbocycles. The molecule has 2 atom stereocenters. The second kappa shape index (κ2) is 12.8. The second-order valence-electron chi connectivity index (χ2n) is 16.1. The van der Waals surface area contributed by atoms with Gasteiger partial charge in [0, 0.05) is 31.2 Å². The van der Waals surface area contributed by atoms with E-state index in [1.165, 1.54) is 115 Å². The summed E-state index contributed by atoms with van der Waals surface area (Å²) in [6.07, 6.45) is 23.5. The molecule has 0 amide bonds. The average Bonchev–Trinajstić information content (AvgIpc) is 3.76. The molecule has 8 rings (SSSR count). The Labute approximate surface area is 293 Å². The minimum Gasteiger partial charge on any atom is -0.224 e. The van der Waals surface area contributed by atoms with E-state index in [-0.39, 0.29) is 11.0 Å². The highest BCUT2D eigenvalue weighted by molar-refractivity contribution is 7.26. The third-order valence-corrected chi connectivity index (χ3v) is 15.1. The monoisotopic (exact) mass is 657 g/mol. The maximum absolute atomic E-state index is 2.78. The largest absolute Gasteiger partial charge is 0.294 e. The van der Waals surface area contributed by atoms with Gasteiger partial charge in [-0.15, -0.1) is 11.3 Å². The van der Waals surface area contributed by atoms with Crippen LogP contribution in [0.25, 0.3) is 37.2 Å². The molecule has 0 N–H and O–H groups in total. The predicted octanol–water partition coefficient (Wildman–Crippen LogP) is 13.1. The van der Waals surface area contributed by atoms with Crippen LogP contribution in [0.4, 0.5) is 0 Å². The van der Waals surface area contributed by atoms with Crippen molar-refractivity contribution in [2.45, 2.75) is 147 Å². The third-order valence-electron chi connectivity index (χ3n) is 13.9. The molecule has 3 aliphatic rings. The average molecular weight is 658 g/mol. The van der Waals surface area contributed by atoms with Crippen LogP contribution in [0.2, 0.25) is 0 Å². The van der Waals surface area contributed by atoms with Crippen LogP contribution in [-0.2, 0) is 11.0 Å². The van der Waals surface area contributed by atoms with Crippen LogP contribution in [0.15, 0.2) is 67.0 Å². The molecule has 2 aliphatic carbocycles. The normalized spacial score (nSPS) is 26.2. The molecule has 1 aliphatic heterocycles. The van der Waals surface area contributed by atoms with Crippen molar-refractivity contribution < 1.29 is 4.57 Å². The highest BCUT2D eigenvalue weighted by atomic mass is 32.1. The maximum Gasteiger partial charge on any atom is 0.294 e. The lowest BCUT2D eigenvalue weighted by atomic mass is 9.61. The Bertz CT molecular complexity index is 1930. The van der Waals surface area contributed by atoms with Gasteiger partial charge in [-0.2, -0.15) is 4.57 Å². The van der Waals surface area contributed by atoms with Gasteiger partial charge in [0.25, 0.3) is 5.82 Å². The van der Waals surface area contributed by atoms with E-state index in [0.29, 0.717) is 11.8 Å². The molecular weight excluding hydrogens is 601 g/mol. The summed E-state index contributed by atoms with van der Waals surface area (Å²) < 4.78 is 8.38. The van der Waals surface area contributed by atoms with E-state index >= 15 is 0 Å². The second-order valence-corrected chi connectivity index (χ2v) is 17.2. The Kier molecular flexibility index (Phi) is 8.59. The Morgan fingerprint density at radius 3 is 2.29 bits per heavy atom. The summed E-state index contributed by atoms with van der Waals surface area (Å²) in [7, 11) is 0. The SMILES string of the molecule is CCCCC1CCC(c2cc(C3CCCCC3)c(-n3cc[n+]4c3-c3ccccc3C(C)(CC)C4(C)CC)c3c2sc2ccccc23)CC1. The molecule has 0 saturated heterocycles. The number of thiophene rings is 1. The fraction of sp³-hybridized carbons (Fsp3) is 0.533. The Morgan fingerprint density at radius 2 is 1.54 bits per heavy atom. The lowest BCUT2D eigenvalue weighted by Gasteiger charge is -2.47. The van der Waals surface area contributed by atoms with Crippen LogP contribution in [0.5, 0.6) is 0 Å². The number of aromatic nitrogens is 2. The van der Waals surface area contributed by atoms with Crippen molar-refractivity contribution in [3.05, 3.63) is 83.7 Å². The zero-order valence-corrected chi connectivity index (χ0v) is 31.1. The van der Waals surface area contributed by atoms with E-state index in [9.17, 15) is 0 Å². The molecule has 2 nitrogen and oxygen atoms in total. The first-order chi connectivity index (χ1) is 23.4. The topological polar surface area (TPSA) is 8.81 Å². The van der Waals surface area contributed by atoms with E-state index in [2.05, 4.69) is 122 Å². The zero-order valence-electron chi connectivity index (χ0n) is 30.3. The van der Waals surface area contributed by atoms with Crippen LogP contribution < -0.4 is 4.57 Å². The summed E-state index contributed by atoms with van der Waals surface area (Å²) >= 11 is 2.07. The van der Waals surface area contributed by atoms with E-state index in [4.69, 9.17) is 0 Å². The standard InChI is InChI=1S/C45H57N2S/c1-6-9-17-31-24-26-33(27-25-31)37-30-36(32-18-11-10-12-19-32)41(40-35-21-14-16-23-39(35)48-42(37)40)46-28-29-47-43(46)34-20-13-15-22-38(34)44(4,7-2)45(47,5)8-3/h13-16,20-23,28-33H,6-12,17-19,24-27H2,1-5H3/q+1. The number of unbranched alkanes of at least 4 members (excludes halogenated alkanes) is 1. The predicted molar refractivity (Wildman–Crippen MR) is 206 cm³/mol. The van der Waals surface area contributed by atoms with Crippen molar-refractivity contribution in [2.24, 2.45) is 5.92 Å². The first-order valence-corrected chi connectivity index (χ1v) is 20.5. The van der Waals surface area contributed by atoms with Gasteiger partial charge in [-0.25, -0.2) is 4.57 Å². The summed E-state index contributed by atoms with van der Waals surface area (Å²) in [4.78, 5) is 0. The minimum absolute atomic E-state index is 0.0200. The minimum atomic E-state index is -0.0200. The smallest absolute Gasteiger partial charge is 0.224 e. The number of benzene rings is 3. The van der Waals surface area contributed by atoms with Gasteiger partial charge in [0.15, 0.2) is 0 Å². The van der Waals surface area contributed by atoms with Crippen LogP contribution >= 0.6 is 11.3 Å². The van der Waals surface area contributed by atoms with E-state index in [1.54, 1.807) is 15.8 Å². The number of nitrogens with zero attached hydrogens (tertiary/aromatic N) is 2. The lowest BCUT2D eigenvalue weighted by molar-refractivity contribution is -0.764. The van der Waals surface area contributed by atoms with Crippen LogP contribution in [0.3, 0.4) is 0 Å². The highest BCUT2D eigenvalue weighted by Gasteiger charge is 2.55. The molecule has 2 fully saturated rings. The summed E-state index contributed by atoms with van der Waals surface area (Å²) in [5.41, 5.74) is 7.75. The van der Waals surface area contributed by atoms with Gasteiger partial charge in [0.2, 0.25) is 0 Å². The van der Waals surface area contributed by atoms with Crippen molar-refractivity contribution >= 4 is 31.5 Å². The quantitative estimate of drug-likeness (QED) is 0.147. The molecule has 0 bridgehead atoms. The zero-order chi connectivity index (χ0) is 33.0. The van der Waals surface area contributed by atoms with E-state index in [0.717, 1.165) is 18.8 Å². The molecule has 3 heteroatoms. The summed E-state index contributed by atoms with van der Waals surface area (Å²) in [6.45, 7) is 12.2. The van der Waals surface area contributed by atoms with Gasteiger partial charge in [-0.1, -0.05) is 103 Å². The summed E-state index contributed by atoms with van der Waals surface area (Å²) in [5, 5.41) is 2.98. The Morgan fingerprint density at radius 1 is 0.812 bits per heavy atom. The van der Waals surface area contributed by atoms with Crippen LogP contribution in [-0.4, -0.2) is 4.57 Å². The first kappa shape index (κ1) is 32.3. The fourth-order valence-electron chi connectivity index (χ4n) is 10.5. The maximum atomic E-state index is 2.78. The number of hydrogen-bond donors (Lipinski definition) is 0. The molecule has 5 aromatic rings. The molecule has 3 heterocycles. The third kappa shape index (κ3) is 4.88. The van der Waals surface area contributed by atoms with Gasteiger partial charge in [-0.05, 0) is 105 Å². The molecule has 0 spiro atoms. The molecule has 252 valence electrons. The van der Waals surface area contributed by atoms with Crippen molar-refractivity contribution in [2.75, 3.05) is 0 Å². The van der Waals surface area contributed by atoms with Gasteiger partial charge < -0.3 is 0 Å². The van der Waals surface area contributed by atoms with Crippen LogP contribution in [0, 0.1) is 5.92 Å². The fourth-order valence-corrected chi connectivity index (χ4v) is 11.8. The molecular formula is C45H57N2S+. The molecule has 2 unspecified atom stereocenters. The van der Waals surface area contributed by atoms with E-state index in [1.807, 2.05) is 0 Å². The van der Waals surface area contributed by atoms with Crippen molar-refractivity contribution in [1.82, 2.24) is 4.57 Å². The van der Waals surface area contributed by atoms with Crippen molar-refractivity contribution in [3.63, 3.8) is 0 Å². The number of imidazole rings is 1. The van der Waals surface area contributed by atoms with Crippen LogP contribution in [0.1, 0.15) is 153 Å². The van der Waals surface area contributed by atoms with Gasteiger partial charge in [0.1, 0.15) is 23.6 Å². The highest BCUT2D eigenvalue weighted by Crippen LogP contribution is 2.53. The van der Waals surface area contributed by atoms with Gasteiger partial charge in [-0.3, -0.25) is 0 Å². The molecule has 2 saturated carbocycles. The molecule has 48 heavy (non-hydrogen) atoms. The number of hydrogen-bond acceptors (Lipinski definition) is 1. The molecule has 0 radical (unpaired) electrons. The van der Waals surface area contributed by atoms with Gasteiger partial charge >= 0.3 is 0 Å². The van der Waals surface area contributed by atoms with E-state index < -0.39 is 0 Å². The summed E-state index contributed by atoms with van der Waals surface area (Å²) in [5.74, 6) is 3.61. The number of rotatable bonds is 8. The first-order valence-electron chi connectivity index (χ1n) is 19.6. The number of fused-ring (bicyclic) bond motifs is 6. The molecule has 2 aromatic heterocycles. The lowest BCUT2D eigenvalue weighted by Crippen LogP contribution is -2.67. The van der Waals surface area contributed by atoms with Gasteiger partial charge in [0.05, 0.1) is 5.56 Å². The summed E-state index contributed by atoms with van der Waals surface area (Å²) in [6, 6.07) is 21.5. The van der Waals surface area contributed by atoms with Crippen molar-refractivity contribution in [1.29, 1.82) is 0 Å². The Balaban J connectivity index is 1.40. The Hall–Kier alpha value is -2.91. The van der Waals surface area contributed by atoms with Crippen molar-refractivity contribution in [3.8, 4) is 17.1 Å².